The van der Waals surface area contributed by atoms with E-state index in [4.69, 9.17) is 0 Å². The molecule has 0 aliphatic heterocycles. The molecule has 66 valence electrons. The lowest BCUT2D eigenvalue weighted by atomic mass is 9.92. The molecule has 1 rings (SSSR count). The van der Waals surface area contributed by atoms with Crippen molar-refractivity contribution in [2.24, 2.45) is 0 Å². The highest BCUT2D eigenvalue weighted by Crippen LogP contribution is 2.23. The molecule has 0 bridgehead atoms. The zero-order valence-electron chi connectivity index (χ0n) is 7.93. The molecule has 2 heteroatoms. The van der Waals surface area contributed by atoms with Crippen molar-refractivity contribution in [3.05, 3.63) is 0 Å². The monoisotopic (exact) mass is 156 g/mol. The van der Waals surface area contributed by atoms with Gasteiger partial charge in [-0.2, -0.15) is 0 Å². The van der Waals surface area contributed by atoms with Gasteiger partial charge in [0.1, 0.15) is 0 Å². The first-order valence-corrected chi connectivity index (χ1v) is 4.61. The summed E-state index contributed by atoms with van der Waals surface area (Å²) in [4.78, 5) is 2.48. The first-order chi connectivity index (χ1) is 5.24. The van der Waals surface area contributed by atoms with Crippen LogP contribution in [0.25, 0.3) is 0 Å². The van der Waals surface area contributed by atoms with Gasteiger partial charge in [0.15, 0.2) is 0 Å². The van der Waals surface area contributed by atoms with Gasteiger partial charge < -0.3 is 10.2 Å². The Hall–Kier alpha value is -0.0800. The summed E-state index contributed by atoms with van der Waals surface area (Å²) >= 11 is 0. The highest BCUT2D eigenvalue weighted by atomic mass is 15.2. The largest absolute Gasteiger partial charge is 0.316 e. The van der Waals surface area contributed by atoms with Crippen LogP contribution in [0.15, 0.2) is 0 Å². The standard InChI is InChI=1S/C9H20N2/c1-8(10-2)7-11(3)9-5-4-6-9/h8-10H,4-7H2,1-3H3. The van der Waals surface area contributed by atoms with Crippen LogP contribution in [0.1, 0.15) is 26.2 Å². The number of hydrogen-bond acceptors (Lipinski definition) is 2. The van der Waals surface area contributed by atoms with Crippen LogP contribution in [0, 0.1) is 0 Å². The van der Waals surface area contributed by atoms with E-state index >= 15 is 0 Å². The fraction of sp³-hybridized carbons (Fsp3) is 1.00. The van der Waals surface area contributed by atoms with E-state index in [0.29, 0.717) is 6.04 Å². The molecule has 0 aromatic rings. The average Bonchev–Trinajstić information content (AvgIpc) is 1.83. The van der Waals surface area contributed by atoms with Gasteiger partial charge in [0.25, 0.3) is 0 Å². The van der Waals surface area contributed by atoms with Crippen LogP contribution in [0.2, 0.25) is 0 Å². The fourth-order valence-corrected chi connectivity index (χ4v) is 1.50. The van der Waals surface area contributed by atoms with Gasteiger partial charge in [-0.1, -0.05) is 6.42 Å². The van der Waals surface area contributed by atoms with Crippen molar-refractivity contribution in [1.82, 2.24) is 10.2 Å². The summed E-state index contributed by atoms with van der Waals surface area (Å²) in [6.07, 6.45) is 4.25. The lowest BCUT2D eigenvalue weighted by molar-refractivity contribution is 0.149. The molecule has 1 N–H and O–H groups in total. The highest BCUT2D eigenvalue weighted by Gasteiger charge is 2.22. The Morgan fingerprint density at radius 1 is 1.55 bits per heavy atom. The van der Waals surface area contributed by atoms with E-state index < -0.39 is 0 Å². The maximum Gasteiger partial charge on any atom is 0.0163 e. The molecule has 0 amide bonds. The summed E-state index contributed by atoms with van der Waals surface area (Å²) in [5.41, 5.74) is 0. The Morgan fingerprint density at radius 2 is 2.18 bits per heavy atom. The van der Waals surface area contributed by atoms with Crippen LogP contribution in [0.5, 0.6) is 0 Å². The Labute approximate surface area is 70.0 Å². The van der Waals surface area contributed by atoms with Gasteiger partial charge in [-0.25, -0.2) is 0 Å². The molecule has 1 aliphatic rings. The second-order valence-corrected chi connectivity index (χ2v) is 3.71. The smallest absolute Gasteiger partial charge is 0.0163 e. The maximum atomic E-state index is 3.26. The Kier molecular flexibility index (Phi) is 3.34. The third-order valence-electron chi connectivity index (χ3n) is 2.75. The van der Waals surface area contributed by atoms with E-state index in [9.17, 15) is 0 Å². The number of hydrogen-bond donors (Lipinski definition) is 1. The minimum atomic E-state index is 0.626. The second kappa shape index (κ2) is 4.07. The molecule has 0 saturated heterocycles. The van der Waals surface area contributed by atoms with Crippen LogP contribution in [0.4, 0.5) is 0 Å². The third-order valence-corrected chi connectivity index (χ3v) is 2.75. The molecule has 0 heterocycles. The molecule has 0 radical (unpaired) electrons. The molecule has 1 atom stereocenters. The van der Waals surface area contributed by atoms with E-state index in [-0.39, 0.29) is 0 Å². The van der Waals surface area contributed by atoms with Crippen LogP contribution in [-0.2, 0) is 0 Å². The highest BCUT2D eigenvalue weighted by molar-refractivity contribution is 4.79. The van der Waals surface area contributed by atoms with Crippen molar-refractivity contribution in [1.29, 1.82) is 0 Å². The quantitative estimate of drug-likeness (QED) is 0.655. The lowest BCUT2D eigenvalue weighted by Crippen LogP contribution is -2.43. The summed E-state index contributed by atoms with van der Waals surface area (Å²) in [7, 11) is 4.26. The van der Waals surface area contributed by atoms with E-state index in [1.54, 1.807) is 0 Å². The van der Waals surface area contributed by atoms with Gasteiger partial charge >= 0.3 is 0 Å². The topological polar surface area (TPSA) is 15.3 Å². The molecule has 11 heavy (non-hydrogen) atoms. The van der Waals surface area contributed by atoms with Gasteiger partial charge in [0.05, 0.1) is 0 Å². The minimum absolute atomic E-state index is 0.626. The summed E-state index contributed by atoms with van der Waals surface area (Å²) in [5, 5.41) is 3.26. The summed E-state index contributed by atoms with van der Waals surface area (Å²) in [6, 6.07) is 1.51. The molecule has 1 aliphatic carbocycles. The first-order valence-electron chi connectivity index (χ1n) is 4.61. The predicted molar refractivity (Wildman–Crippen MR) is 48.8 cm³/mol. The molecule has 0 aromatic heterocycles. The number of nitrogens with zero attached hydrogens (tertiary/aromatic N) is 1. The molecule has 1 fully saturated rings. The fourth-order valence-electron chi connectivity index (χ4n) is 1.50. The molecule has 1 saturated carbocycles. The van der Waals surface area contributed by atoms with Crippen molar-refractivity contribution in [3.8, 4) is 0 Å². The van der Waals surface area contributed by atoms with Crippen molar-refractivity contribution in [2.45, 2.75) is 38.3 Å². The molecule has 0 spiro atoms. The Balaban J connectivity index is 2.13. The lowest BCUT2D eigenvalue weighted by Gasteiger charge is -2.36. The Morgan fingerprint density at radius 3 is 2.55 bits per heavy atom. The molecule has 2 nitrogen and oxygen atoms in total. The van der Waals surface area contributed by atoms with Crippen molar-refractivity contribution >= 4 is 0 Å². The zero-order valence-corrected chi connectivity index (χ0v) is 7.93. The SMILES string of the molecule is CNC(C)CN(C)C1CCC1. The number of rotatable bonds is 4. The predicted octanol–water partition coefficient (Wildman–Crippen LogP) is 1.08. The number of nitrogens with one attached hydrogen (secondary N) is 1. The van der Waals surface area contributed by atoms with Crippen molar-refractivity contribution in [2.75, 3.05) is 20.6 Å². The van der Waals surface area contributed by atoms with Gasteiger partial charge in [-0.3, -0.25) is 0 Å². The number of likely N-dealkylation sites (N-methyl/N-ethyl adjacent to an activating group) is 2. The first kappa shape index (κ1) is 9.01. The molecule has 0 aromatic carbocycles. The van der Waals surface area contributed by atoms with Gasteiger partial charge in [-0.15, -0.1) is 0 Å². The van der Waals surface area contributed by atoms with Gasteiger partial charge in [0.2, 0.25) is 0 Å². The second-order valence-electron chi connectivity index (χ2n) is 3.71. The van der Waals surface area contributed by atoms with E-state index in [0.717, 1.165) is 6.04 Å². The third kappa shape index (κ3) is 2.46. The van der Waals surface area contributed by atoms with Crippen LogP contribution in [0.3, 0.4) is 0 Å². The summed E-state index contributed by atoms with van der Waals surface area (Å²) in [6.45, 7) is 3.41. The van der Waals surface area contributed by atoms with Gasteiger partial charge in [0, 0.05) is 18.6 Å². The van der Waals surface area contributed by atoms with Gasteiger partial charge in [-0.05, 0) is 33.9 Å². The van der Waals surface area contributed by atoms with E-state index in [1.807, 2.05) is 7.05 Å². The van der Waals surface area contributed by atoms with Crippen LogP contribution < -0.4 is 5.32 Å². The molecular weight excluding hydrogens is 136 g/mol. The van der Waals surface area contributed by atoms with Crippen molar-refractivity contribution < 1.29 is 0 Å². The van der Waals surface area contributed by atoms with Crippen LogP contribution >= 0.6 is 0 Å². The van der Waals surface area contributed by atoms with E-state index in [2.05, 4.69) is 24.2 Å². The van der Waals surface area contributed by atoms with Crippen LogP contribution in [-0.4, -0.2) is 37.6 Å². The molecule has 1 unspecified atom stereocenters. The average molecular weight is 156 g/mol. The molecular formula is C9H20N2. The van der Waals surface area contributed by atoms with E-state index in [1.165, 1.54) is 25.8 Å². The minimum Gasteiger partial charge on any atom is -0.316 e. The normalized spacial score (nSPS) is 21.8. The Bertz CT molecular complexity index is 110. The summed E-state index contributed by atoms with van der Waals surface area (Å²) < 4.78 is 0. The zero-order chi connectivity index (χ0) is 8.27. The van der Waals surface area contributed by atoms with Crippen molar-refractivity contribution in [3.63, 3.8) is 0 Å². The maximum absolute atomic E-state index is 3.26. The summed E-state index contributed by atoms with van der Waals surface area (Å²) in [5.74, 6) is 0.